The van der Waals surface area contributed by atoms with E-state index < -0.39 is 0 Å². The number of benzene rings is 2. The summed E-state index contributed by atoms with van der Waals surface area (Å²) >= 11 is 0. The highest BCUT2D eigenvalue weighted by Crippen LogP contribution is 2.34. The number of likely N-dealkylation sites (N-methyl/N-ethyl adjacent to an activating group) is 1. The lowest BCUT2D eigenvalue weighted by atomic mass is 9.99. The Morgan fingerprint density at radius 1 is 1.22 bits per heavy atom. The van der Waals surface area contributed by atoms with Gasteiger partial charge >= 0.3 is 0 Å². The number of aromatic nitrogens is 1. The number of para-hydroxylation sites is 1. The number of amides is 1. The molecule has 1 aromatic heterocycles. The van der Waals surface area contributed by atoms with E-state index in [-0.39, 0.29) is 42.3 Å². The quantitative estimate of drug-likeness (QED) is 0.492. The van der Waals surface area contributed by atoms with Crippen LogP contribution in [-0.4, -0.2) is 71.8 Å². The van der Waals surface area contributed by atoms with Crippen LogP contribution in [0.15, 0.2) is 60.8 Å². The van der Waals surface area contributed by atoms with Crippen molar-refractivity contribution in [2.75, 3.05) is 33.9 Å². The van der Waals surface area contributed by atoms with Gasteiger partial charge in [0, 0.05) is 42.9 Å². The fourth-order valence-corrected chi connectivity index (χ4v) is 4.67. The first-order valence-electron chi connectivity index (χ1n) is 12.5. The van der Waals surface area contributed by atoms with Crippen molar-refractivity contribution in [2.24, 2.45) is 5.92 Å². The second-order valence-electron chi connectivity index (χ2n) is 9.73. The van der Waals surface area contributed by atoms with Gasteiger partial charge in [0.05, 0.1) is 19.8 Å². The van der Waals surface area contributed by atoms with Gasteiger partial charge in [-0.3, -0.25) is 9.69 Å². The number of halogens is 1. The Labute approximate surface area is 217 Å². The maximum atomic E-state index is 13.7. The van der Waals surface area contributed by atoms with E-state index >= 15 is 0 Å². The molecular weight excluding hydrogens is 473 g/mol. The Kier molecular flexibility index (Phi) is 8.41. The van der Waals surface area contributed by atoms with E-state index in [2.05, 4.69) is 9.88 Å². The normalized spacial score (nSPS) is 18.6. The number of rotatable bonds is 8. The van der Waals surface area contributed by atoms with Crippen LogP contribution >= 0.6 is 0 Å². The van der Waals surface area contributed by atoms with Crippen LogP contribution in [0.3, 0.4) is 0 Å². The van der Waals surface area contributed by atoms with Gasteiger partial charge in [0.2, 0.25) is 5.88 Å². The van der Waals surface area contributed by atoms with Gasteiger partial charge in [0.15, 0.2) is 0 Å². The molecule has 0 bridgehead atoms. The molecule has 1 amide bonds. The minimum Gasteiger partial charge on any atom is -0.496 e. The predicted molar refractivity (Wildman–Crippen MR) is 140 cm³/mol. The largest absolute Gasteiger partial charge is 0.496 e. The van der Waals surface area contributed by atoms with Gasteiger partial charge in [-0.25, -0.2) is 9.37 Å². The lowest BCUT2D eigenvalue weighted by Crippen LogP contribution is -2.49. The topological polar surface area (TPSA) is 75.1 Å². The summed E-state index contributed by atoms with van der Waals surface area (Å²) < 4.78 is 25.6. The SMILES string of the molecule is COc1ccccc1-c1cnc2c(c1)C(=O)N([C@@H](C)CO)C[C@H](C)[C@H](CN(C)Cc1cccc(F)c1)O2. The molecule has 1 aliphatic heterocycles. The molecule has 196 valence electrons. The standard InChI is InChI=1S/C29H34FN3O4/c1-19-15-33(20(2)18-34)29(35)25-13-22(24-10-5-6-11-26(24)36-4)14-31-28(25)37-27(19)17-32(3)16-21-8-7-9-23(30)12-21/h5-14,19-20,27,34H,15-18H2,1-4H3/t19-,20-,27-/m0/s1. The fraction of sp³-hybridized carbons (Fsp3) is 0.379. The summed E-state index contributed by atoms with van der Waals surface area (Å²) in [6.45, 7) is 5.21. The second-order valence-corrected chi connectivity index (χ2v) is 9.73. The Bertz CT molecular complexity index is 1240. The maximum absolute atomic E-state index is 13.7. The molecule has 0 saturated carbocycles. The third-order valence-electron chi connectivity index (χ3n) is 6.77. The summed E-state index contributed by atoms with van der Waals surface area (Å²) in [5.74, 6) is 0.387. The zero-order valence-corrected chi connectivity index (χ0v) is 21.7. The van der Waals surface area contributed by atoms with Crippen LogP contribution in [0, 0.1) is 11.7 Å². The summed E-state index contributed by atoms with van der Waals surface area (Å²) in [6, 6.07) is 15.5. The molecule has 4 rings (SSSR count). The van der Waals surface area contributed by atoms with Gasteiger partial charge in [-0.2, -0.15) is 0 Å². The number of aliphatic hydroxyl groups excluding tert-OH is 1. The summed E-state index contributed by atoms with van der Waals surface area (Å²) in [5.41, 5.74) is 2.76. The van der Waals surface area contributed by atoms with Gasteiger partial charge in [0.25, 0.3) is 5.91 Å². The summed E-state index contributed by atoms with van der Waals surface area (Å²) in [7, 11) is 3.56. The van der Waals surface area contributed by atoms with Crippen molar-refractivity contribution < 1.29 is 23.8 Å². The van der Waals surface area contributed by atoms with Gasteiger partial charge < -0.3 is 19.5 Å². The number of pyridine rings is 1. The van der Waals surface area contributed by atoms with Crippen LogP contribution in [0.4, 0.5) is 4.39 Å². The highest BCUT2D eigenvalue weighted by Gasteiger charge is 2.34. The molecule has 0 unspecified atom stereocenters. The van der Waals surface area contributed by atoms with Gasteiger partial charge in [-0.05, 0) is 43.8 Å². The molecule has 8 heteroatoms. The summed E-state index contributed by atoms with van der Waals surface area (Å²) in [6.07, 6.45) is 1.40. The molecule has 2 aromatic carbocycles. The van der Waals surface area contributed by atoms with Crippen LogP contribution in [0.2, 0.25) is 0 Å². The fourth-order valence-electron chi connectivity index (χ4n) is 4.67. The second kappa shape index (κ2) is 11.7. The Hall–Kier alpha value is -3.49. The van der Waals surface area contributed by atoms with Gasteiger partial charge in [-0.1, -0.05) is 37.3 Å². The van der Waals surface area contributed by atoms with Crippen molar-refractivity contribution in [3.05, 3.63) is 77.7 Å². The number of fused-ring (bicyclic) bond motifs is 1. The number of aliphatic hydroxyl groups is 1. The van der Waals surface area contributed by atoms with E-state index in [1.807, 2.05) is 51.2 Å². The van der Waals surface area contributed by atoms with Crippen molar-refractivity contribution >= 4 is 5.91 Å². The van der Waals surface area contributed by atoms with Crippen LogP contribution in [-0.2, 0) is 6.54 Å². The third-order valence-corrected chi connectivity index (χ3v) is 6.77. The average molecular weight is 508 g/mol. The zero-order valence-electron chi connectivity index (χ0n) is 21.7. The summed E-state index contributed by atoms with van der Waals surface area (Å²) in [5, 5.41) is 9.90. The molecule has 1 N–H and O–H groups in total. The van der Waals surface area contributed by atoms with E-state index in [0.717, 1.165) is 16.7 Å². The van der Waals surface area contributed by atoms with Crippen LogP contribution in [0.5, 0.6) is 11.6 Å². The highest BCUT2D eigenvalue weighted by atomic mass is 19.1. The molecule has 3 aromatic rings. The first-order valence-corrected chi connectivity index (χ1v) is 12.5. The molecule has 0 spiro atoms. The highest BCUT2D eigenvalue weighted by molar-refractivity contribution is 5.98. The molecule has 0 radical (unpaired) electrons. The van der Waals surface area contributed by atoms with E-state index in [4.69, 9.17) is 9.47 Å². The molecule has 1 aliphatic rings. The monoisotopic (exact) mass is 507 g/mol. The number of carbonyl (C=O) groups excluding carboxylic acids is 1. The van der Waals surface area contributed by atoms with E-state index in [1.54, 1.807) is 30.3 Å². The Morgan fingerprint density at radius 2 is 2.00 bits per heavy atom. The van der Waals surface area contributed by atoms with Gasteiger partial charge in [-0.15, -0.1) is 0 Å². The minimum atomic E-state index is -0.374. The van der Waals surface area contributed by atoms with Crippen LogP contribution < -0.4 is 9.47 Å². The van der Waals surface area contributed by atoms with Crippen molar-refractivity contribution in [3.8, 4) is 22.8 Å². The number of ether oxygens (including phenoxy) is 2. The van der Waals surface area contributed by atoms with Crippen molar-refractivity contribution in [2.45, 2.75) is 32.5 Å². The van der Waals surface area contributed by atoms with Crippen LogP contribution in [0.1, 0.15) is 29.8 Å². The van der Waals surface area contributed by atoms with E-state index in [9.17, 15) is 14.3 Å². The number of methoxy groups -OCH3 is 1. The Balaban J connectivity index is 1.67. The van der Waals surface area contributed by atoms with Crippen molar-refractivity contribution in [1.82, 2.24) is 14.8 Å². The number of nitrogens with zero attached hydrogens (tertiary/aromatic N) is 3. The smallest absolute Gasteiger partial charge is 0.259 e. The number of hydrogen-bond donors (Lipinski definition) is 1. The molecule has 0 aliphatic carbocycles. The Morgan fingerprint density at radius 3 is 2.73 bits per heavy atom. The number of hydrogen-bond acceptors (Lipinski definition) is 6. The van der Waals surface area contributed by atoms with Crippen molar-refractivity contribution in [1.29, 1.82) is 0 Å². The summed E-state index contributed by atoms with van der Waals surface area (Å²) in [4.78, 5) is 22.0. The predicted octanol–water partition coefficient (Wildman–Crippen LogP) is 4.25. The first-order chi connectivity index (χ1) is 17.8. The maximum Gasteiger partial charge on any atom is 0.259 e. The lowest BCUT2D eigenvalue weighted by Gasteiger charge is -2.37. The molecule has 37 heavy (non-hydrogen) atoms. The molecule has 2 heterocycles. The molecule has 3 atom stereocenters. The first kappa shape index (κ1) is 26.6. The zero-order chi connectivity index (χ0) is 26.5. The molecular formula is C29H34FN3O4. The minimum absolute atomic E-state index is 0.0447. The van der Waals surface area contributed by atoms with Crippen molar-refractivity contribution in [3.63, 3.8) is 0 Å². The van der Waals surface area contributed by atoms with E-state index in [0.29, 0.717) is 30.9 Å². The molecule has 0 fully saturated rings. The van der Waals surface area contributed by atoms with E-state index in [1.165, 1.54) is 12.1 Å². The average Bonchev–Trinajstić information content (AvgIpc) is 2.90. The molecule has 0 saturated heterocycles. The lowest BCUT2D eigenvalue weighted by molar-refractivity contribution is 0.0325. The molecule has 7 nitrogen and oxygen atoms in total. The number of carbonyl (C=O) groups is 1. The van der Waals surface area contributed by atoms with Gasteiger partial charge in [0.1, 0.15) is 23.2 Å². The van der Waals surface area contributed by atoms with Crippen LogP contribution in [0.25, 0.3) is 11.1 Å². The third kappa shape index (κ3) is 6.09.